The minimum Gasteiger partial charge on any atom is -0.417 e. The van der Waals surface area contributed by atoms with Crippen LogP contribution in [0.3, 0.4) is 0 Å². The lowest BCUT2D eigenvalue weighted by Gasteiger charge is -2.38. The zero-order valence-electron chi connectivity index (χ0n) is 23.5. The number of halogens is 3. The van der Waals surface area contributed by atoms with Crippen molar-refractivity contribution in [2.75, 3.05) is 13.2 Å². The van der Waals surface area contributed by atoms with E-state index in [9.17, 15) is 34.8 Å². The number of nitrogens with zero attached hydrogens (tertiary/aromatic N) is 1. The lowest BCUT2D eigenvalue weighted by molar-refractivity contribution is -0.143. The van der Waals surface area contributed by atoms with Crippen molar-refractivity contribution in [3.05, 3.63) is 42.7 Å². The van der Waals surface area contributed by atoms with Gasteiger partial charge in [0.15, 0.2) is 8.32 Å². The largest absolute Gasteiger partial charge is 0.534 e. The molecule has 2 heterocycles. The maximum Gasteiger partial charge on any atom is 0.534 e. The molecule has 0 aromatic heterocycles. The molecule has 0 spiro atoms. The highest BCUT2D eigenvalue weighted by atomic mass is 32.2. The predicted molar refractivity (Wildman–Crippen MR) is 143 cm³/mol. The van der Waals surface area contributed by atoms with Crippen LogP contribution in [-0.4, -0.2) is 71.2 Å². The minimum absolute atomic E-state index is 0.0510. The zero-order valence-corrected chi connectivity index (χ0v) is 26.2. The summed E-state index contributed by atoms with van der Waals surface area (Å²) >= 11 is 0. The van der Waals surface area contributed by atoms with Crippen molar-refractivity contribution in [1.29, 1.82) is 0 Å². The molecule has 2 aliphatic heterocycles. The van der Waals surface area contributed by atoms with Gasteiger partial charge < -0.3 is 18.2 Å². The molecule has 0 N–H and O–H groups in total. The molecule has 2 saturated heterocycles. The second-order valence-electron chi connectivity index (χ2n) is 12.0. The summed E-state index contributed by atoms with van der Waals surface area (Å²) in [5.41, 5.74) is -7.24. The van der Waals surface area contributed by atoms with Gasteiger partial charge >= 0.3 is 15.6 Å². The Hall–Kier alpha value is -1.94. The normalized spacial score (nSPS) is 25.6. The van der Waals surface area contributed by atoms with Crippen LogP contribution in [0.4, 0.5) is 13.2 Å². The highest BCUT2D eigenvalue weighted by Gasteiger charge is 2.73. The number of hydrogen-bond acceptors (Lipinski definition) is 8. The number of rotatable bonds is 9. The summed E-state index contributed by atoms with van der Waals surface area (Å²) in [5.74, 6) is -3.85. The van der Waals surface area contributed by atoms with Crippen molar-refractivity contribution in [3.63, 3.8) is 0 Å². The number of amides is 1. The zero-order chi connectivity index (χ0) is 30.7. The average molecular weight is 628 g/mol. The van der Waals surface area contributed by atoms with Crippen LogP contribution in [0.2, 0.25) is 18.1 Å². The third-order valence-corrected chi connectivity index (χ3v) is 16.1. The summed E-state index contributed by atoms with van der Waals surface area (Å²) in [4.78, 5) is 15.0. The Morgan fingerprint density at radius 3 is 2.17 bits per heavy atom. The number of fused-ring (bicyclic) bond motifs is 1. The first-order chi connectivity index (χ1) is 17.9. The smallest absolute Gasteiger partial charge is 0.417 e. The maximum atomic E-state index is 14.4. The van der Waals surface area contributed by atoms with Gasteiger partial charge in [0.25, 0.3) is 5.91 Å². The Kier molecular flexibility index (Phi) is 8.23. The molecule has 1 aromatic carbocycles. The van der Waals surface area contributed by atoms with Crippen molar-refractivity contribution in [1.82, 2.24) is 4.90 Å². The molecule has 3 atom stereocenters. The second kappa shape index (κ2) is 10.1. The summed E-state index contributed by atoms with van der Waals surface area (Å²) in [5, 5.41) is -0.219. The van der Waals surface area contributed by atoms with Gasteiger partial charge in [-0.25, -0.2) is 8.42 Å². The SMILES string of the molecule is C=C(OS(=O)(=O)C(F)(F)F)[C@@]1(S(=O)(=O)c2ccccc2)C(=O)N2[C@H](COC2(C)C)[C@H]1CCO[Si](C)(C)C(C)(C)C. The fourth-order valence-electron chi connectivity index (χ4n) is 5.00. The van der Waals surface area contributed by atoms with Gasteiger partial charge in [-0.3, -0.25) is 4.79 Å². The van der Waals surface area contributed by atoms with Gasteiger partial charge in [0.1, 0.15) is 11.5 Å². The summed E-state index contributed by atoms with van der Waals surface area (Å²) in [6, 6.07) is 5.66. The van der Waals surface area contributed by atoms with Crippen LogP contribution < -0.4 is 0 Å². The van der Waals surface area contributed by atoms with Crippen LogP contribution in [0.5, 0.6) is 0 Å². The van der Waals surface area contributed by atoms with Gasteiger partial charge in [0.05, 0.1) is 17.5 Å². The summed E-state index contributed by atoms with van der Waals surface area (Å²) in [6.07, 6.45) is -0.140. The van der Waals surface area contributed by atoms with Gasteiger partial charge in [-0.15, -0.1) is 0 Å². The van der Waals surface area contributed by atoms with Gasteiger partial charge in [0, 0.05) is 12.5 Å². The lowest BCUT2D eigenvalue weighted by atomic mass is 9.85. The third-order valence-electron chi connectivity index (χ3n) is 8.13. The van der Waals surface area contributed by atoms with Crippen LogP contribution in [-0.2, 0) is 38.1 Å². The van der Waals surface area contributed by atoms with Crippen LogP contribution in [0.25, 0.3) is 0 Å². The van der Waals surface area contributed by atoms with Crippen LogP contribution >= 0.6 is 0 Å². The van der Waals surface area contributed by atoms with E-state index in [0.717, 1.165) is 4.90 Å². The molecule has 15 heteroatoms. The van der Waals surface area contributed by atoms with E-state index in [1.807, 2.05) is 33.9 Å². The molecular formula is C25H36F3NO8S2Si. The lowest BCUT2D eigenvalue weighted by Crippen LogP contribution is -2.56. The monoisotopic (exact) mass is 627 g/mol. The Morgan fingerprint density at radius 1 is 1.12 bits per heavy atom. The standard InChI is InChI=1S/C25H36F3NO8S2Si/c1-17(37-39(33,34)25(26,27)28)24(38(31,32)18-12-10-9-11-13-18)19(14-15-36-40(7,8)22(2,3)4)20-16-35-23(5,6)29(20)21(24)30/h9-13,19-20H,1,14-16H2,2-8H3/t19-,20-,24+/m1/s1. The fraction of sp³-hybridized carbons (Fsp3) is 0.640. The quantitative estimate of drug-likeness (QED) is 0.169. The first kappa shape index (κ1) is 32.6. The van der Waals surface area contributed by atoms with Gasteiger partial charge in [-0.2, -0.15) is 21.6 Å². The predicted octanol–water partition coefficient (Wildman–Crippen LogP) is 4.58. The van der Waals surface area contributed by atoms with E-state index >= 15 is 0 Å². The molecule has 0 radical (unpaired) electrons. The minimum atomic E-state index is -6.37. The first-order valence-corrected chi connectivity index (χ1v) is 18.4. The number of alkyl halides is 3. The number of benzene rings is 1. The van der Waals surface area contributed by atoms with Gasteiger partial charge in [-0.05, 0) is 50.5 Å². The van der Waals surface area contributed by atoms with Gasteiger partial charge in [-0.1, -0.05) is 45.5 Å². The average Bonchev–Trinajstić information content (AvgIpc) is 3.25. The molecule has 226 valence electrons. The van der Waals surface area contributed by atoms with E-state index in [4.69, 9.17) is 9.16 Å². The molecule has 2 aliphatic rings. The Balaban J connectivity index is 2.26. The van der Waals surface area contributed by atoms with E-state index in [2.05, 4.69) is 10.8 Å². The van der Waals surface area contributed by atoms with Crippen molar-refractivity contribution >= 4 is 34.2 Å². The summed E-state index contributed by atoms with van der Waals surface area (Å²) < 4.78 is 107. The molecule has 0 saturated carbocycles. The molecule has 3 rings (SSSR count). The third kappa shape index (κ3) is 5.12. The van der Waals surface area contributed by atoms with E-state index in [0.29, 0.717) is 0 Å². The Morgan fingerprint density at radius 2 is 1.68 bits per heavy atom. The number of sulfone groups is 1. The molecule has 0 bridgehead atoms. The number of carbonyl (C=O) groups excluding carboxylic acids is 1. The van der Waals surface area contributed by atoms with Crippen molar-refractivity contribution in [3.8, 4) is 0 Å². The van der Waals surface area contributed by atoms with E-state index in [1.165, 1.54) is 44.2 Å². The molecule has 9 nitrogen and oxygen atoms in total. The van der Waals surface area contributed by atoms with Crippen molar-refractivity contribution in [2.45, 2.75) is 86.1 Å². The van der Waals surface area contributed by atoms with Crippen molar-refractivity contribution in [2.24, 2.45) is 5.92 Å². The number of hydrogen-bond donors (Lipinski definition) is 0. The Bertz CT molecular complexity index is 1370. The maximum absolute atomic E-state index is 14.4. The van der Waals surface area contributed by atoms with E-state index < -0.39 is 72.8 Å². The second-order valence-corrected chi connectivity index (χ2v) is 20.4. The number of ether oxygens (including phenoxy) is 1. The van der Waals surface area contributed by atoms with Crippen LogP contribution in [0, 0.1) is 5.92 Å². The molecule has 1 amide bonds. The molecular weight excluding hydrogens is 591 g/mol. The van der Waals surface area contributed by atoms with E-state index in [1.54, 1.807) is 0 Å². The van der Waals surface area contributed by atoms with E-state index in [-0.39, 0.29) is 24.7 Å². The van der Waals surface area contributed by atoms with Crippen molar-refractivity contribution < 1.29 is 48.1 Å². The molecule has 40 heavy (non-hydrogen) atoms. The molecule has 2 fully saturated rings. The highest BCUT2D eigenvalue weighted by Crippen LogP contribution is 2.54. The first-order valence-electron chi connectivity index (χ1n) is 12.6. The van der Waals surface area contributed by atoms with Crippen LogP contribution in [0.1, 0.15) is 41.0 Å². The highest BCUT2D eigenvalue weighted by molar-refractivity contribution is 7.94. The number of carbonyl (C=O) groups is 1. The topological polar surface area (TPSA) is 116 Å². The van der Waals surface area contributed by atoms with Crippen LogP contribution in [0.15, 0.2) is 47.6 Å². The van der Waals surface area contributed by atoms with Gasteiger partial charge in [0.2, 0.25) is 14.6 Å². The molecule has 1 aromatic rings. The molecule has 0 unspecified atom stereocenters. The molecule has 0 aliphatic carbocycles. The summed E-state index contributed by atoms with van der Waals surface area (Å²) in [6.45, 7) is 16.1. The Labute approximate surface area is 234 Å². The fourth-order valence-corrected chi connectivity index (χ4v) is 8.84. The summed E-state index contributed by atoms with van der Waals surface area (Å²) in [7, 11) is -13.7.